The molecule has 1 amide bonds. The highest BCUT2D eigenvalue weighted by atomic mass is 16.2. The minimum Gasteiger partial charge on any atom is -0.352 e. The molecule has 2 heteroatoms. The van der Waals surface area contributed by atoms with Gasteiger partial charge in [0.1, 0.15) is 0 Å². The first-order valence-corrected chi connectivity index (χ1v) is 6.71. The second-order valence-corrected chi connectivity index (χ2v) is 5.09. The summed E-state index contributed by atoms with van der Waals surface area (Å²) in [5.41, 5.74) is 2.53. The maximum Gasteiger partial charge on any atom is 0.220 e. The first kappa shape index (κ1) is 12.0. The van der Waals surface area contributed by atoms with Crippen molar-refractivity contribution in [2.45, 2.75) is 24.8 Å². The van der Waals surface area contributed by atoms with Gasteiger partial charge in [-0.3, -0.25) is 4.79 Å². The summed E-state index contributed by atoms with van der Waals surface area (Å²) in [5.74, 6) is 0.448. The Morgan fingerprint density at radius 1 is 0.947 bits per heavy atom. The Morgan fingerprint density at radius 3 is 2.26 bits per heavy atom. The summed E-state index contributed by atoms with van der Waals surface area (Å²) in [6, 6.07) is 20.9. The molecule has 2 nitrogen and oxygen atoms in total. The van der Waals surface area contributed by atoms with Crippen LogP contribution in [0.2, 0.25) is 0 Å². The highest BCUT2D eigenvalue weighted by Crippen LogP contribution is 2.30. The van der Waals surface area contributed by atoms with E-state index < -0.39 is 0 Å². The van der Waals surface area contributed by atoms with Crippen LogP contribution in [-0.2, 0) is 11.2 Å². The zero-order valence-electron chi connectivity index (χ0n) is 10.8. The molecule has 2 aromatic carbocycles. The predicted octanol–water partition coefficient (Wildman–Crippen LogP) is 2.90. The van der Waals surface area contributed by atoms with Gasteiger partial charge in [-0.2, -0.15) is 0 Å². The fourth-order valence-electron chi connectivity index (χ4n) is 2.82. The van der Waals surface area contributed by atoms with E-state index in [2.05, 4.69) is 29.6 Å². The molecule has 3 rings (SSSR count). The highest BCUT2D eigenvalue weighted by molar-refractivity contribution is 5.80. The van der Waals surface area contributed by atoms with Crippen LogP contribution in [0.25, 0.3) is 0 Å². The number of amides is 1. The van der Waals surface area contributed by atoms with Gasteiger partial charge in [-0.1, -0.05) is 60.7 Å². The first-order chi connectivity index (χ1) is 9.33. The van der Waals surface area contributed by atoms with E-state index in [1.165, 1.54) is 11.1 Å². The predicted molar refractivity (Wildman–Crippen MR) is 75.9 cm³/mol. The maximum atomic E-state index is 11.7. The fourth-order valence-corrected chi connectivity index (χ4v) is 2.82. The minimum atomic E-state index is 0.162. The second kappa shape index (κ2) is 5.27. The number of hydrogen-bond donors (Lipinski definition) is 1. The first-order valence-electron chi connectivity index (χ1n) is 6.71. The van der Waals surface area contributed by atoms with Crippen LogP contribution in [0.5, 0.6) is 0 Å². The third kappa shape index (κ3) is 2.68. The van der Waals surface area contributed by atoms with Crippen LogP contribution < -0.4 is 5.32 Å². The quantitative estimate of drug-likeness (QED) is 0.893. The van der Waals surface area contributed by atoms with Crippen molar-refractivity contribution >= 4 is 5.91 Å². The van der Waals surface area contributed by atoms with Crippen molar-refractivity contribution in [1.29, 1.82) is 0 Å². The van der Waals surface area contributed by atoms with Crippen LogP contribution in [0.15, 0.2) is 60.7 Å². The van der Waals surface area contributed by atoms with Gasteiger partial charge in [-0.25, -0.2) is 0 Å². The molecule has 1 aliphatic heterocycles. The Morgan fingerprint density at radius 2 is 1.58 bits per heavy atom. The molecule has 1 aliphatic rings. The van der Waals surface area contributed by atoms with Gasteiger partial charge in [0.15, 0.2) is 0 Å². The zero-order chi connectivity index (χ0) is 13.1. The number of carbonyl (C=O) groups excluding carboxylic acids is 1. The molecule has 2 aromatic rings. The van der Waals surface area contributed by atoms with E-state index >= 15 is 0 Å². The number of benzene rings is 2. The fraction of sp³-hybridized carbons (Fsp3) is 0.235. The lowest BCUT2D eigenvalue weighted by Gasteiger charge is -2.19. The molecule has 19 heavy (non-hydrogen) atoms. The lowest BCUT2D eigenvalue weighted by Crippen LogP contribution is -2.30. The largest absolute Gasteiger partial charge is 0.352 e. The van der Waals surface area contributed by atoms with Gasteiger partial charge < -0.3 is 5.32 Å². The van der Waals surface area contributed by atoms with E-state index in [4.69, 9.17) is 0 Å². The topological polar surface area (TPSA) is 29.1 Å². The van der Waals surface area contributed by atoms with Gasteiger partial charge in [0.25, 0.3) is 0 Å². The van der Waals surface area contributed by atoms with Crippen molar-refractivity contribution in [2.24, 2.45) is 0 Å². The third-order valence-corrected chi connectivity index (χ3v) is 3.76. The van der Waals surface area contributed by atoms with Crippen LogP contribution >= 0.6 is 0 Å². The molecule has 0 bridgehead atoms. The van der Waals surface area contributed by atoms with Crippen molar-refractivity contribution in [3.63, 3.8) is 0 Å². The van der Waals surface area contributed by atoms with Gasteiger partial charge >= 0.3 is 0 Å². The number of hydrogen-bond acceptors (Lipinski definition) is 1. The summed E-state index contributed by atoms with van der Waals surface area (Å²) < 4.78 is 0. The number of carbonyl (C=O) groups is 1. The van der Waals surface area contributed by atoms with E-state index in [0.29, 0.717) is 6.42 Å². The summed E-state index contributed by atoms with van der Waals surface area (Å²) in [4.78, 5) is 11.7. The molecular formula is C17H17NO. The van der Waals surface area contributed by atoms with Gasteiger partial charge in [-0.05, 0) is 17.5 Å². The van der Waals surface area contributed by atoms with E-state index in [1.54, 1.807) is 0 Å². The highest BCUT2D eigenvalue weighted by Gasteiger charge is 2.33. The van der Waals surface area contributed by atoms with Crippen molar-refractivity contribution in [3.8, 4) is 0 Å². The van der Waals surface area contributed by atoms with Crippen molar-refractivity contribution < 1.29 is 4.79 Å². The van der Waals surface area contributed by atoms with Crippen LogP contribution in [0, 0.1) is 0 Å². The Balaban J connectivity index is 1.81. The molecule has 1 saturated heterocycles. The summed E-state index contributed by atoms with van der Waals surface area (Å²) in [5, 5.41) is 3.11. The molecule has 2 atom stereocenters. The molecule has 1 N–H and O–H groups in total. The van der Waals surface area contributed by atoms with Crippen LogP contribution in [0.3, 0.4) is 0 Å². The Hall–Kier alpha value is -2.09. The summed E-state index contributed by atoms with van der Waals surface area (Å²) >= 11 is 0. The molecular weight excluding hydrogens is 234 g/mol. The Labute approximate surface area is 113 Å². The molecule has 0 spiro atoms. The van der Waals surface area contributed by atoms with Crippen LogP contribution in [0.4, 0.5) is 0 Å². The van der Waals surface area contributed by atoms with Gasteiger partial charge in [-0.15, -0.1) is 0 Å². The van der Waals surface area contributed by atoms with Crippen LogP contribution in [-0.4, -0.2) is 11.9 Å². The average molecular weight is 251 g/mol. The van der Waals surface area contributed by atoms with E-state index in [-0.39, 0.29) is 17.9 Å². The lowest BCUT2D eigenvalue weighted by atomic mass is 9.88. The standard InChI is InChI=1S/C17H17NO/c19-17-12-15(14-9-5-2-6-10-14)16(18-17)11-13-7-3-1-4-8-13/h1-10,15-16H,11-12H2,(H,18,19)/t15-,16+/m1/s1. The average Bonchev–Trinajstić information content (AvgIpc) is 2.82. The normalized spacial score (nSPS) is 22.2. The molecule has 1 fully saturated rings. The third-order valence-electron chi connectivity index (χ3n) is 3.76. The van der Waals surface area contributed by atoms with Crippen molar-refractivity contribution in [3.05, 3.63) is 71.8 Å². The molecule has 0 aliphatic carbocycles. The molecule has 0 unspecified atom stereocenters. The smallest absolute Gasteiger partial charge is 0.220 e. The molecule has 0 radical (unpaired) electrons. The van der Waals surface area contributed by atoms with Gasteiger partial charge in [0.2, 0.25) is 5.91 Å². The summed E-state index contributed by atoms with van der Waals surface area (Å²) in [6.07, 6.45) is 1.49. The lowest BCUT2D eigenvalue weighted by molar-refractivity contribution is -0.119. The Bertz CT molecular complexity index is 550. The monoisotopic (exact) mass is 251 g/mol. The summed E-state index contributed by atoms with van der Waals surface area (Å²) in [7, 11) is 0. The molecule has 96 valence electrons. The van der Waals surface area contributed by atoms with Gasteiger partial charge in [0.05, 0.1) is 0 Å². The SMILES string of the molecule is O=C1C[C@H](c2ccccc2)[C@H](Cc2ccccc2)N1. The minimum absolute atomic E-state index is 0.162. The zero-order valence-corrected chi connectivity index (χ0v) is 10.8. The maximum absolute atomic E-state index is 11.7. The molecule has 1 heterocycles. The van der Waals surface area contributed by atoms with Crippen molar-refractivity contribution in [1.82, 2.24) is 5.32 Å². The van der Waals surface area contributed by atoms with Crippen molar-refractivity contribution in [2.75, 3.05) is 0 Å². The Kier molecular flexibility index (Phi) is 3.32. The molecule has 0 saturated carbocycles. The number of rotatable bonds is 3. The van der Waals surface area contributed by atoms with Crippen LogP contribution in [0.1, 0.15) is 23.5 Å². The van der Waals surface area contributed by atoms with E-state index in [9.17, 15) is 4.79 Å². The van der Waals surface area contributed by atoms with Gasteiger partial charge in [0, 0.05) is 18.4 Å². The van der Waals surface area contributed by atoms with E-state index in [1.807, 2.05) is 36.4 Å². The molecule has 0 aromatic heterocycles. The van der Waals surface area contributed by atoms with E-state index in [0.717, 1.165) is 6.42 Å². The number of nitrogens with one attached hydrogen (secondary N) is 1. The second-order valence-electron chi connectivity index (χ2n) is 5.09. The summed E-state index contributed by atoms with van der Waals surface area (Å²) in [6.45, 7) is 0.